The predicted molar refractivity (Wildman–Crippen MR) is 101 cm³/mol. The molecule has 4 rings (SSSR count). The molecule has 3 unspecified atom stereocenters. The fraction of sp³-hybridized carbons (Fsp3) is 0.818. The number of alkyl carbamates (subject to hydrolysis) is 1. The Bertz CT molecular complexity index is 641. The third-order valence-corrected chi connectivity index (χ3v) is 8.36. The normalized spacial score (nSPS) is 44.4. The molecule has 26 heavy (non-hydrogen) atoms. The number of hydrogen-bond acceptors (Lipinski definition) is 3. The van der Waals surface area contributed by atoms with Crippen molar-refractivity contribution in [3.63, 3.8) is 0 Å². The van der Waals surface area contributed by atoms with Gasteiger partial charge in [-0.05, 0) is 68.6 Å². The summed E-state index contributed by atoms with van der Waals surface area (Å²) < 4.78 is 5.63. The molecule has 0 radical (unpaired) electrons. The third kappa shape index (κ3) is 2.63. The molecule has 0 spiro atoms. The Kier molecular flexibility index (Phi) is 4.44. The summed E-state index contributed by atoms with van der Waals surface area (Å²) in [5, 5.41) is 2.74. The highest BCUT2D eigenvalue weighted by atomic mass is 16.6. The number of ketones is 1. The van der Waals surface area contributed by atoms with E-state index in [0.717, 1.165) is 44.9 Å². The van der Waals surface area contributed by atoms with Gasteiger partial charge in [-0.15, -0.1) is 0 Å². The number of Topliss-reactive ketones (excluding diaryl/α,β-unsaturated/α-hetero) is 1. The summed E-state index contributed by atoms with van der Waals surface area (Å²) in [6.07, 6.45) is 10.4. The van der Waals surface area contributed by atoms with Gasteiger partial charge >= 0.3 is 6.09 Å². The third-order valence-electron chi connectivity index (χ3n) is 8.36. The van der Waals surface area contributed by atoms with Gasteiger partial charge in [-0.1, -0.05) is 25.5 Å². The van der Waals surface area contributed by atoms with Crippen molar-refractivity contribution < 1.29 is 14.3 Å². The van der Waals surface area contributed by atoms with Crippen LogP contribution in [0.3, 0.4) is 0 Å². The fourth-order valence-corrected chi connectivity index (χ4v) is 6.84. The molecule has 0 aromatic heterocycles. The minimum Gasteiger partial charge on any atom is -0.446 e. The maximum absolute atomic E-state index is 12.5. The van der Waals surface area contributed by atoms with E-state index in [1.54, 1.807) is 0 Å². The molecule has 0 aromatic carbocycles. The molecule has 0 aliphatic heterocycles. The standard InChI is InChI=1S/C22H33NO3/c1-4-23-20(25)26-15-9-11-21(2)14(13-15)5-6-16-17-7-8-19(24)22(17,3)12-10-18(16)21/h5,15-18H,4,6-13H2,1-3H3,(H,23,25)/t15-,16?,17?,18?,21-,22-/m0/s1. The largest absolute Gasteiger partial charge is 0.446 e. The lowest BCUT2D eigenvalue weighted by Crippen LogP contribution is -2.50. The summed E-state index contributed by atoms with van der Waals surface area (Å²) in [6.45, 7) is 7.20. The average Bonchev–Trinajstić information content (AvgIpc) is 2.91. The maximum atomic E-state index is 12.5. The van der Waals surface area contributed by atoms with Crippen LogP contribution in [0, 0.1) is 28.6 Å². The molecule has 4 aliphatic rings. The lowest BCUT2D eigenvalue weighted by atomic mass is 9.48. The predicted octanol–water partition coefficient (Wildman–Crippen LogP) is 4.63. The van der Waals surface area contributed by atoms with Crippen LogP contribution in [0.5, 0.6) is 0 Å². The SMILES string of the molecule is CCNC(=O)O[C@H]1CC[C@@]2(C)C(=CCC3C2CC[C@]2(C)C(=O)CCC32)C1. The Morgan fingerprint density at radius 2 is 1.92 bits per heavy atom. The van der Waals surface area contributed by atoms with Crippen LogP contribution in [0.25, 0.3) is 0 Å². The van der Waals surface area contributed by atoms with E-state index >= 15 is 0 Å². The van der Waals surface area contributed by atoms with Gasteiger partial charge in [0.05, 0.1) is 0 Å². The zero-order valence-corrected chi connectivity index (χ0v) is 16.5. The highest BCUT2D eigenvalue weighted by Gasteiger charge is 2.58. The number of rotatable bonds is 2. The van der Waals surface area contributed by atoms with E-state index in [1.165, 1.54) is 12.0 Å². The van der Waals surface area contributed by atoms with Crippen LogP contribution in [0.2, 0.25) is 0 Å². The molecular formula is C22H33NO3. The quantitative estimate of drug-likeness (QED) is 0.731. The molecule has 0 saturated heterocycles. The van der Waals surface area contributed by atoms with Gasteiger partial charge in [-0.25, -0.2) is 4.79 Å². The van der Waals surface area contributed by atoms with Crippen LogP contribution < -0.4 is 5.32 Å². The molecule has 144 valence electrons. The van der Waals surface area contributed by atoms with Crippen molar-refractivity contribution in [2.24, 2.45) is 28.6 Å². The van der Waals surface area contributed by atoms with E-state index in [1.807, 2.05) is 6.92 Å². The Hall–Kier alpha value is -1.32. The number of amides is 1. The molecule has 1 amide bonds. The summed E-state index contributed by atoms with van der Waals surface area (Å²) in [6, 6.07) is 0. The van der Waals surface area contributed by atoms with Gasteiger partial charge in [0.1, 0.15) is 11.9 Å². The summed E-state index contributed by atoms with van der Waals surface area (Å²) in [4.78, 5) is 24.3. The lowest BCUT2D eigenvalue weighted by molar-refractivity contribution is -0.132. The van der Waals surface area contributed by atoms with Crippen molar-refractivity contribution in [1.82, 2.24) is 5.32 Å². The second-order valence-corrected chi connectivity index (χ2v) is 9.48. The van der Waals surface area contributed by atoms with Crippen molar-refractivity contribution in [3.05, 3.63) is 11.6 Å². The maximum Gasteiger partial charge on any atom is 0.407 e. The molecule has 6 atom stereocenters. The van der Waals surface area contributed by atoms with Crippen LogP contribution in [0.4, 0.5) is 4.79 Å². The zero-order valence-electron chi connectivity index (χ0n) is 16.5. The van der Waals surface area contributed by atoms with Crippen molar-refractivity contribution >= 4 is 11.9 Å². The molecule has 0 bridgehead atoms. The first-order chi connectivity index (χ1) is 12.4. The zero-order chi connectivity index (χ0) is 18.5. The Morgan fingerprint density at radius 1 is 1.19 bits per heavy atom. The van der Waals surface area contributed by atoms with E-state index in [9.17, 15) is 9.59 Å². The molecule has 4 aliphatic carbocycles. The number of fused-ring (bicyclic) bond motifs is 5. The second kappa shape index (κ2) is 6.38. The molecular weight excluding hydrogens is 326 g/mol. The summed E-state index contributed by atoms with van der Waals surface area (Å²) in [5.74, 6) is 2.44. The van der Waals surface area contributed by atoms with Crippen LogP contribution >= 0.6 is 0 Å². The molecule has 1 N–H and O–H groups in total. The first kappa shape index (κ1) is 18.1. The van der Waals surface area contributed by atoms with Crippen LogP contribution in [0.15, 0.2) is 11.6 Å². The van der Waals surface area contributed by atoms with Gasteiger partial charge in [0.15, 0.2) is 0 Å². The number of nitrogens with one attached hydrogen (secondary N) is 1. The molecule has 0 heterocycles. The van der Waals surface area contributed by atoms with Crippen LogP contribution in [-0.4, -0.2) is 24.5 Å². The first-order valence-electron chi connectivity index (χ1n) is 10.6. The number of hydrogen-bond donors (Lipinski definition) is 1. The highest BCUT2D eigenvalue weighted by molar-refractivity contribution is 5.87. The fourth-order valence-electron chi connectivity index (χ4n) is 6.84. The molecule has 3 saturated carbocycles. The molecule has 3 fully saturated rings. The van der Waals surface area contributed by atoms with Gasteiger partial charge in [0, 0.05) is 24.8 Å². The van der Waals surface area contributed by atoms with Crippen LogP contribution in [-0.2, 0) is 9.53 Å². The minimum absolute atomic E-state index is 0.0133. The first-order valence-corrected chi connectivity index (χ1v) is 10.6. The number of carbonyl (C=O) groups excluding carboxylic acids is 2. The lowest BCUT2D eigenvalue weighted by Gasteiger charge is -2.56. The van der Waals surface area contributed by atoms with Gasteiger partial charge in [-0.3, -0.25) is 4.79 Å². The minimum atomic E-state index is -0.284. The van der Waals surface area contributed by atoms with E-state index in [0.29, 0.717) is 30.1 Å². The number of carbonyl (C=O) groups is 2. The topological polar surface area (TPSA) is 55.4 Å². The van der Waals surface area contributed by atoms with Crippen molar-refractivity contribution in [2.45, 2.75) is 78.2 Å². The van der Waals surface area contributed by atoms with Gasteiger partial charge in [-0.2, -0.15) is 0 Å². The second-order valence-electron chi connectivity index (χ2n) is 9.48. The number of allylic oxidation sites excluding steroid dienone is 1. The van der Waals surface area contributed by atoms with Gasteiger partial charge in [0.25, 0.3) is 0 Å². The average molecular weight is 360 g/mol. The molecule has 0 aromatic rings. The highest BCUT2D eigenvalue weighted by Crippen LogP contribution is 2.64. The Morgan fingerprint density at radius 3 is 2.69 bits per heavy atom. The van der Waals surface area contributed by atoms with Gasteiger partial charge in [0.2, 0.25) is 0 Å². The van der Waals surface area contributed by atoms with Crippen molar-refractivity contribution in [1.29, 1.82) is 0 Å². The van der Waals surface area contributed by atoms with E-state index in [4.69, 9.17) is 4.74 Å². The summed E-state index contributed by atoms with van der Waals surface area (Å²) in [7, 11) is 0. The van der Waals surface area contributed by atoms with E-state index < -0.39 is 0 Å². The summed E-state index contributed by atoms with van der Waals surface area (Å²) in [5.41, 5.74) is 1.69. The number of ether oxygens (including phenoxy) is 1. The smallest absolute Gasteiger partial charge is 0.407 e. The van der Waals surface area contributed by atoms with E-state index in [-0.39, 0.29) is 23.0 Å². The Labute approximate surface area is 157 Å². The van der Waals surface area contributed by atoms with Crippen LogP contribution in [0.1, 0.15) is 72.1 Å². The van der Waals surface area contributed by atoms with Gasteiger partial charge < -0.3 is 10.1 Å². The van der Waals surface area contributed by atoms with E-state index in [2.05, 4.69) is 25.2 Å². The van der Waals surface area contributed by atoms with Crippen molar-refractivity contribution in [2.75, 3.05) is 6.54 Å². The van der Waals surface area contributed by atoms with Crippen molar-refractivity contribution in [3.8, 4) is 0 Å². The monoisotopic (exact) mass is 359 g/mol. The molecule has 4 nitrogen and oxygen atoms in total. The summed E-state index contributed by atoms with van der Waals surface area (Å²) >= 11 is 0. The molecule has 4 heteroatoms. The Balaban J connectivity index is 1.52.